The number of hydrogen-bond donors (Lipinski definition) is 1. The first-order chi connectivity index (χ1) is 7.61. The molecule has 3 heteroatoms. The Morgan fingerprint density at radius 3 is 2.88 bits per heavy atom. The SMILES string of the molecule is CC1CCc2ccccc2N1C(C)C(=O)O. The lowest BCUT2D eigenvalue weighted by Crippen LogP contribution is -2.47. The second-order valence-corrected chi connectivity index (χ2v) is 4.44. The van der Waals surface area contributed by atoms with E-state index < -0.39 is 12.0 Å². The summed E-state index contributed by atoms with van der Waals surface area (Å²) in [5.74, 6) is -0.761. The van der Waals surface area contributed by atoms with E-state index in [2.05, 4.69) is 13.0 Å². The number of hydrogen-bond acceptors (Lipinski definition) is 2. The number of benzene rings is 1. The van der Waals surface area contributed by atoms with E-state index in [1.54, 1.807) is 6.92 Å². The van der Waals surface area contributed by atoms with E-state index in [4.69, 9.17) is 5.11 Å². The van der Waals surface area contributed by atoms with Gasteiger partial charge < -0.3 is 10.0 Å². The highest BCUT2D eigenvalue weighted by molar-refractivity contribution is 5.78. The minimum absolute atomic E-state index is 0.293. The zero-order valence-corrected chi connectivity index (χ0v) is 9.68. The van der Waals surface area contributed by atoms with Crippen molar-refractivity contribution in [1.82, 2.24) is 0 Å². The van der Waals surface area contributed by atoms with E-state index >= 15 is 0 Å². The Morgan fingerprint density at radius 1 is 1.50 bits per heavy atom. The van der Waals surface area contributed by atoms with Gasteiger partial charge in [-0.05, 0) is 38.3 Å². The molecule has 2 atom stereocenters. The van der Waals surface area contributed by atoms with Crippen molar-refractivity contribution in [3.63, 3.8) is 0 Å². The predicted molar refractivity (Wildman–Crippen MR) is 63.8 cm³/mol. The number of aliphatic carboxylic acids is 1. The fraction of sp³-hybridized carbons (Fsp3) is 0.462. The molecular weight excluding hydrogens is 202 g/mol. The first-order valence-electron chi connectivity index (χ1n) is 5.70. The topological polar surface area (TPSA) is 40.5 Å². The minimum Gasteiger partial charge on any atom is -0.480 e. The highest BCUT2D eigenvalue weighted by Gasteiger charge is 2.29. The molecule has 0 amide bonds. The van der Waals surface area contributed by atoms with Crippen LogP contribution in [0.3, 0.4) is 0 Å². The number of para-hydroxylation sites is 1. The van der Waals surface area contributed by atoms with Gasteiger partial charge in [0.1, 0.15) is 6.04 Å². The predicted octanol–water partition coefficient (Wildman–Crippen LogP) is 2.30. The van der Waals surface area contributed by atoms with Crippen LogP contribution in [0.2, 0.25) is 0 Å². The van der Waals surface area contributed by atoms with E-state index in [0.29, 0.717) is 6.04 Å². The van der Waals surface area contributed by atoms with Gasteiger partial charge in [-0.1, -0.05) is 18.2 Å². The minimum atomic E-state index is -0.761. The van der Waals surface area contributed by atoms with Gasteiger partial charge in [-0.15, -0.1) is 0 Å². The molecule has 0 saturated carbocycles. The van der Waals surface area contributed by atoms with Crippen molar-refractivity contribution in [2.75, 3.05) is 4.90 Å². The van der Waals surface area contributed by atoms with Crippen LogP contribution in [0.1, 0.15) is 25.8 Å². The molecule has 1 aromatic carbocycles. The van der Waals surface area contributed by atoms with E-state index in [1.165, 1.54) is 5.56 Å². The Bertz CT molecular complexity index is 403. The normalized spacial score (nSPS) is 21.4. The van der Waals surface area contributed by atoms with Crippen LogP contribution in [-0.4, -0.2) is 23.2 Å². The average Bonchev–Trinajstić information content (AvgIpc) is 2.28. The number of nitrogens with zero attached hydrogens (tertiary/aromatic N) is 1. The van der Waals surface area contributed by atoms with Crippen molar-refractivity contribution in [3.8, 4) is 0 Å². The van der Waals surface area contributed by atoms with Crippen molar-refractivity contribution < 1.29 is 9.90 Å². The average molecular weight is 219 g/mol. The molecule has 0 aromatic heterocycles. The number of fused-ring (bicyclic) bond motifs is 1. The van der Waals surface area contributed by atoms with Crippen LogP contribution >= 0.6 is 0 Å². The fourth-order valence-corrected chi connectivity index (χ4v) is 2.42. The maximum atomic E-state index is 11.1. The number of carboxylic acid groups (broad SMARTS) is 1. The van der Waals surface area contributed by atoms with Crippen molar-refractivity contribution >= 4 is 11.7 Å². The molecule has 0 fully saturated rings. The molecule has 2 rings (SSSR count). The van der Waals surface area contributed by atoms with E-state index in [-0.39, 0.29) is 0 Å². The molecule has 2 unspecified atom stereocenters. The third-order valence-electron chi connectivity index (χ3n) is 3.35. The molecule has 0 aliphatic carbocycles. The van der Waals surface area contributed by atoms with E-state index in [1.807, 2.05) is 23.1 Å². The molecule has 1 aliphatic heterocycles. The van der Waals surface area contributed by atoms with Crippen LogP contribution in [0, 0.1) is 0 Å². The van der Waals surface area contributed by atoms with Crippen molar-refractivity contribution in [2.24, 2.45) is 0 Å². The Labute approximate surface area is 95.7 Å². The van der Waals surface area contributed by atoms with Crippen molar-refractivity contribution in [2.45, 2.75) is 38.8 Å². The fourth-order valence-electron chi connectivity index (χ4n) is 2.42. The van der Waals surface area contributed by atoms with Gasteiger partial charge in [0.15, 0.2) is 0 Å². The lowest BCUT2D eigenvalue weighted by molar-refractivity contribution is -0.138. The van der Waals surface area contributed by atoms with Crippen molar-refractivity contribution in [3.05, 3.63) is 29.8 Å². The number of aryl methyl sites for hydroxylation is 1. The van der Waals surface area contributed by atoms with Crippen LogP contribution in [0.4, 0.5) is 5.69 Å². The molecule has 1 aromatic rings. The lowest BCUT2D eigenvalue weighted by Gasteiger charge is -2.39. The van der Waals surface area contributed by atoms with Gasteiger partial charge in [-0.25, -0.2) is 4.79 Å². The molecule has 0 bridgehead atoms. The Balaban J connectivity index is 2.40. The third kappa shape index (κ3) is 1.77. The van der Waals surface area contributed by atoms with E-state index in [9.17, 15) is 4.79 Å². The summed E-state index contributed by atoms with van der Waals surface area (Å²) < 4.78 is 0. The number of carbonyl (C=O) groups is 1. The molecule has 3 nitrogen and oxygen atoms in total. The maximum Gasteiger partial charge on any atom is 0.326 e. The Hall–Kier alpha value is -1.51. The van der Waals surface area contributed by atoms with Gasteiger partial charge >= 0.3 is 5.97 Å². The second-order valence-electron chi connectivity index (χ2n) is 4.44. The van der Waals surface area contributed by atoms with Gasteiger partial charge in [0.2, 0.25) is 0 Å². The van der Waals surface area contributed by atoms with Gasteiger partial charge in [0, 0.05) is 11.7 Å². The Kier molecular flexibility index (Phi) is 2.86. The smallest absolute Gasteiger partial charge is 0.326 e. The van der Waals surface area contributed by atoms with Crippen LogP contribution in [0.5, 0.6) is 0 Å². The standard InChI is InChI=1S/C13H17NO2/c1-9-7-8-11-5-3-4-6-12(11)14(9)10(2)13(15)16/h3-6,9-10H,7-8H2,1-2H3,(H,15,16). The van der Waals surface area contributed by atoms with Gasteiger partial charge in [0.05, 0.1) is 0 Å². The van der Waals surface area contributed by atoms with Crippen LogP contribution < -0.4 is 4.90 Å². The molecule has 86 valence electrons. The summed E-state index contributed by atoms with van der Waals surface area (Å²) in [6, 6.07) is 7.92. The summed E-state index contributed by atoms with van der Waals surface area (Å²) in [5, 5.41) is 9.14. The summed E-state index contributed by atoms with van der Waals surface area (Å²) >= 11 is 0. The zero-order valence-electron chi connectivity index (χ0n) is 9.68. The first kappa shape index (κ1) is 11.0. The largest absolute Gasteiger partial charge is 0.480 e. The van der Waals surface area contributed by atoms with Crippen LogP contribution in [-0.2, 0) is 11.2 Å². The summed E-state index contributed by atoms with van der Waals surface area (Å²) in [5.41, 5.74) is 2.34. The molecule has 16 heavy (non-hydrogen) atoms. The lowest BCUT2D eigenvalue weighted by atomic mass is 9.95. The molecule has 1 heterocycles. The van der Waals surface area contributed by atoms with Gasteiger partial charge in [-0.3, -0.25) is 0 Å². The van der Waals surface area contributed by atoms with E-state index in [0.717, 1.165) is 18.5 Å². The molecular formula is C13H17NO2. The summed E-state index contributed by atoms with van der Waals surface area (Å²) in [4.78, 5) is 13.1. The molecule has 0 saturated heterocycles. The molecule has 1 aliphatic rings. The Morgan fingerprint density at radius 2 is 2.19 bits per heavy atom. The van der Waals surface area contributed by atoms with Crippen LogP contribution in [0.25, 0.3) is 0 Å². The zero-order chi connectivity index (χ0) is 11.7. The summed E-state index contributed by atoms with van der Waals surface area (Å²) in [6.07, 6.45) is 2.06. The first-order valence-corrected chi connectivity index (χ1v) is 5.70. The quantitative estimate of drug-likeness (QED) is 0.829. The highest BCUT2D eigenvalue weighted by atomic mass is 16.4. The number of anilines is 1. The second kappa shape index (κ2) is 4.16. The van der Waals surface area contributed by atoms with Gasteiger partial charge in [0.25, 0.3) is 0 Å². The number of carboxylic acids is 1. The molecule has 1 N–H and O–H groups in total. The molecule has 0 radical (unpaired) electrons. The van der Waals surface area contributed by atoms with Crippen molar-refractivity contribution in [1.29, 1.82) is 0 Å². The monoisotopic (exact) mass is 219 g/mol. The third-order valence-corrected chi connectivity index (χ3v) is 3.35. The number of rotatable bonds is 2. The summed E-state index contributed by atoms with van der Waals surface area (Å²) in [7, 11) is 0. The molecule has 0 spiro atoms. The maximum absolute atomic E-state index is 11.1. The summed E-state index contributed by atoms with van der Waals surface area (Å²) in [6.45, 7) is 3.84. The van der Waals surface area contributed by atoms with Gasteiger partial charge in [-0.2, -0.15) is 0 Å². The highest BCUT2D eigenvalue weighted by Crippen LogP contribution is 2.31. The van der Waals surface area contributed by atoms with Crippen LogP contribution in [0.15, 0.2) is 24.3 Å².